The summed E-state index contributed by atoms with van der Waals surface area (Å²) in [6.07, 6.45) is 1.51. The van der Waals surface area contributed by atoms with Crippen LogP contribution in [-0.2, 0) is 4.79 Å². The maximum atomic E-state index is 10.0. The number of benzene rings is 1. The Balaban J connectivity index is 2.75. The molecule has 0 aliphatic carbocycles. The SMILES string of the molecule is O=C=Nc1cc2c(Cl)cccc2s1. The summed E-state index contributed by atoms with van der Waals surface area (Å²) in [4.78, 5) is 13.6. The van der Waals surface area contributed by atoms with Crippen molar-refractivity contribution in [2.75, 3.05) is 0 Å². The molecule has 0 saturated heterocycles. The Bertz CT molecular complexity index is 499. The second kappa shape index (κ2) is 3.30. The molecule has 4 heteroatoms. The van der Waals surface area contributed by atoms with E-state index < -0.39 is 0 Å². The first kappa shape index (κ1) is 8.45. The van der Waals surface area contributed by atoms with Crippen molar-refractivity contribution in [1.29, 1.82) is 0 Å². The Labute approximate surface area is 83.5 Å². The van der Waals surface area contributed by atoms with E-state index in [9.17, 15) is 4.79 Å². The number of aliphatic imine (C=N–C) groups is 1. The number of fused-ring (bicyclic) bond motifs is 1. The predicted molar refractivity (Wildman–Crippen MR) is 54.6 cm³/mol. The van der Waals surface area contributed by atoms with Crippen molar-refractivity contribution in [1.82, 2.24) is 0 Å². The van der Waals surface area contributed by atoms with Gasteiger partial charge in [-0.25, -0.2) is 4.79 Å². The van der Waals surface area contributed by atoms with E-state index in [1.54, 1.807) is 6.07 Å². The Morgan fingerprint density at radius 3 is 3.00 bits per heavy atom. The first-order valence-corrected chi connectivity index (χ1v) is 4.76. The van der Waals surface area contributed by atoms with Gasteiger partial charge in [0.1, 0.15) is 5.00 Å². The molecule has 2 nitrogen and oxygen atoms in total. The van der Waals surface area contributed by atoms with Gasteiger partial charge in [0.25, 0.3) is 0 Å². The van der Waals surface area contributed by atoms with E-state index in [0.29, 0.717) is 10.0 Å². The van der Waals surface area contributed by atoms with Crippen LogP contribution in [0.5, 0.6) is 0 Å². The lowest BCUT2D eigenvalue weighted by Crippen LogP contribution is -1.62. The van der Waals surface area contributed by atoms with Gasteiger partial charge in [-0.2, -0.15) is 4.99 Å². The zero-order chi connectivity index (χ0) is 9.26. The highest BCUT2D eigenvalue weighted by Crippen LogP contribution is 2.35. The number of hydrogen-bond donors (Lipinski definition) is 0. The first-order chi connectivity index (χ1) is 6.31. The summed E-state index contributed by atoms with van der Waals surface area (Å²) < 4.78 is 1.03. The summed E-state index contributed by atoms with van der Waals surface area (Å²) in [7, 11) is 0. The largest absolute Gasteiger partial charge is 0.241 e. The van der Waals surface area contributed by atoms with Crippen LogP contribution in [0, 0.1) is 0 Å². The topological polar surface area (TPSA) is 29.4 Å². The molecule has 2 rings (SSSR count). The summed E-state index contributed by atoms with van der Waals surface area (Å²) in [5.74, 6) is 0. The maximum Gasteiger partial charge on any atom is 0.241 e. The first-order valence-electron chi connectivity index (χ1n) is 3.57. The Morgan fingerprint density at radius 1 is 1.46 bits per heavy atom. The lowest BCUT2D eigenvalue weighted by Gasteiger charge is -1.89. The molecule has 0 fully saturated rings. The van der Waals surface area contributed by atoms with Crippen LogP contribution >= 0.6 is 22.9 Å². The average Bonchev–Trinajstić information content (AvgIpc) is 2.49. The normalized spacial score (nSPS) is 9.92. The molecule has 1 aromatic carbocycles. The van der Waals surface area contributed by atoms with E-state index >= 15 is 0 Å². The molecule has 1 heterocycles. The third-order valence-electron chi connectivity index (χ3n) is 1.65. The van der Waals surface area contributed by atoms with E-state index in [-0.39, 0.29) is 0 Å². The van der Waals surface area contributed by atoms with Crippen molar-refractivity contribution in [3.8, 4) is 0 Å². The third-order valence-corrected chi connectivity index (χ3v) is 2.97. The van der Waals surface area contributed by atoms with E-state index in [1.165, 1.54) is 17.4 Å². The van der Waals surface area contributed by atoms with Gasteiger partial charge in [0.15, 0.2) is 0 Å². The molecule has 13 heavy (non-hydrogen) atoms. The van der Waals surface area contributed by atoms with Gasteiger partial charge < -0.3 is 0 Å². The number of carbonyl (C=O) groups excluding carboxylic acids is 1. The fourth-order valence-electron chi connectivity index (χ4n) is 1.11. The molecule has 64 valence electrons. The van der Waals surface area contributed by atoms with Crippen molar-refractivity contribution >= 4 is 44.1 Å². The molecular formula is C9H4ClNOS. The van der Waals surface area contributed by atoms with Crippen LogP contribution in [0.25, 0.3) is 10.1 Å². The minimum absolute atomic E-state index is 0.637. The third kappa shape index (κ3) is 1.49. The van der Waals surface area contributed by atoms with Crippen molar-refractivity contribution in [3.63, 3.8) is 0 Å². The second-order valence-corrected chi connectivity index (χ2v) is 3.91. The van der Waals surface area contributed by atoms with Gasteiger partial charge in [-0.15, -0.1) is 11.3 Å². The van der Waals surface area contributed by atoms with E-state index in [0.717, 1.165) is 10.1 Å². The van der Waals surface area contributed by atoms with Gasteiger partial charge in [0.05, 0.1) is 0 Å². The van der Waals surface area contributed by atoms with Crippen LogP contribution in [-0.4, -0.2) is 6.08 Å². The minimum atomic E-state index is 0.637. The molecule has 2 aromatic rings. The monoisotopic (exact) mass is 209 g/mol. The van der Waals surface area contributed by atoms with Crippen LogP contribution in [0.4, 0.5) is 5.00 Å². The molecule has 0 unspecified atom stereocenters. The molecule has 1 aromatic heterocycles. The average molecular weight is 210 g/mol. The summed E-state index contributed by atoms with van der Waals surface area (Å²) in [5.41, 5.74) is 0. The van der Waals surface area contributed by atoms with Crippen LogP contribution in [0.1, 0.15) is 0 Å². The number of isocyanates is 1. The number of thiophene rings is 1. The standard InChI is InChI=1S/C9H4ClNOS/c10-7-2-1-3-8-6(7)4-9(13-8)11-5-12/h1-4H. The predicted octanol–water partition coefficient (Wildman–Crippen LogP) is 3.52. The zero-order valence-electron chi connectivity index (χ0n) is 6.45. The van der Waals surface area contributed by atoms with Crippen LogP contribution in [0.3, 0.4) is 0 Å². The molecule has 0 saturated carbocycles. The zero-order valence-corrected chi connectivity index (χ0v) is 8.02. The van der Waals surface area contributed by atoms with Crippen molar-refractivity contribution < 1.29 is 4.79 Å². The molecular weight excluding hydrogens is 206 g/mol. The quantitative estimate of drug-likeness (QED) is 0.522. The Morgan fingerprint density at radius 2 is 2.31 bits per heavy atom. The number of hydrogen-bond acceptors (Lipinski definition) is 3. The molecule has 0 radical (unpaired) electrons. The molecule has 0 spiro atoms. The molecule has 0 atom stereocenters. The van der Waals surface area contributed by atoms with Gasteiger partial charge in [-0.3, -0.25) is 0 Å². The molecule has 0 aliphatic rings. The van der Waals surface area contributed by atoms with Crippen molar-refractivity contribution in [2.45, 2.75) is 0 Å². The highest BCUT2D eigenvalue weighted by Gasteiger charge is 2.02. The minimum Gasteiger partial charge on any atom is -0.211 e. The summed E-state index contributed by atoms with van der Waals surface area (Å²) >= 11 is 7.36. The number of halogens is 1. The van der Waals surface area contributed by atoms with Crippen LogP contribution in [0.15, 0.2) is 29.3 Å². The lowest BCUT2D eigenvalue weighted by molar-refractivity contribution is 0.565. The number of rotatable bonds is 1. The van der Waals surface area contributed by atoms with E-state index in [1.807, 2.05) is 18.2 Å². The summed E-state index contributed by atoms with van der Waals surface area (Å²) in [6.45, 7) is 0. The van der Waals surface area contributed by atoms with Crippen LogP contribution in [0.2, 0.25) is 5.02 Å². The molecule has 0 N–H and O–H groups in total. The highest BCUT2D eigenvalue weighted by molar-refractivity contribution is 7.22. The van der Waals surface area contributed by atoms with Gasteiger partial charge in [-0.05, 0) is 18.2 Å². The van der Waals surface area contributed by atoms with E-state index in [4.69, 9.17) is 11.6 Å². The fourth-order valence-corrected chi connectivity index (χ4v) is 2.31. The smallest absolute Gasteiger partial charge is 0.211 e. The fraction of sp³-hybridized carbons (Fsp3) is 0. The number of nitrogens with zero attached hydrogens (tertiary/aromatic N) is 1. The van der Waals surface area contributed by atoms with Gasteiger partial charge in [0.2, 0.25) is 6.08 Å². The van der Waals surface area contributed by atoms with Gasteiger partial charge in [0, 0.05) is 15.1 Å². The molecule has 0 bridgehead atoms. The lowest BCUT2D eigenvalue weighted by atomic mass is 10.3. The molecule has 0 aliphatic heterocycles. The Hall–Kier alpha value is -1.15. The van der Waals surface area contributed by atoms with Crippen molar-refractivity contribution in [3.05, 3.63) is 29.3 Å². The second-order valence-electron chi connectivity index (χ2n) is 2.44. The van der Waals surface area contributed by atoms with Gasteiger partial charge >= 0.3 is 0 Å². The van der Waals surface area contributed by atoms with Crippen LogP contribution < -0.4 is 0 Å². The van der Waals surface area contributed by atoms with Gasteiger partial charge in [-0.1, -0.05) is 17.7 Å². The van der Waals surface area contributed by atoms with E-state index in [2.05, 4.69) is 4.99 Å². The van der Waals surface area contributed by atoms with Crippen molar-refractivity contribution in [2.24, 2.45) is 4.99 Å². The summed E-state index contributed by atoms with van der Waals surface area (Å²) in [5, 5.41) is 2.25. The molecule has 0 amide bonds. The maximum absolute atomic E-state index is 10.0. The Kier molecular flexibility index (Phi) is 2.15. The highest BCUT2D eigenvalue weighted by atomic mass is 35.5. The summed E-state index contributed by atoms with van der Waals surface area (Å²) in [6, 6.07) is 7.41.